The van der Waals surface area contributed by atoms with Crippen molar-refractivity contribution in [2.45, 2.75) is 51.1 Å². The Morgan fingerprint density at radius 3 is 2.48 bits per heavy atom. The van der Waals surface area contributed by atoms with Crippen molar-refractivity contribution in [3.8, 4) is 0 Å². The zero-order valence-electron chi connectivity index (χ0n) is 17.9. The van der Waals surface area contributed by atoms with Crippen LogP contribution in [-0.2, 0) is 4.79 Å². The summed E-state index contributed by atoms with van der Waals surface area (Å²) >= 11 is 5.93. The predicted molar refractivity (Wildman–Crippen MR) is 117 cm³/mol. The predicted octanol–water partition coefficient (Wildman–Crippen LogP) is 3.28. The summed E-state index contributed by atoms with van der Waals surface area (Å²) in [6.45, 7) is 5.25. The molecule has 5 rings (SSSR count). The lowest BCUT2D eigenvalue weighted by atomic mass is 9.96. The van der Waals surface area contributed by atoms with Gasteiger partial charge in [0.2, 0.25) is 5.91 Å². The summed E-state index contributed by atoms with van der Waals surface area (Å²) < 4.78 is 2.03. The van der Waals surface area contributed by atoms with E-state index in [9.17, 15) is 9.59 Å². The van der Waals surface area contributed by atoms with Crippen LogP contribution in [0, 0.1) is 17.8 Å². The van der Waals surface area contributed by atoms with Crippen molar-refractivity contribution in [2.24, 2.45) is 17.8 Å². The Morgan fingerprint density at radius 1 is 1.19 bits per heavy atom. The van der Waals surface area contributed by atoms with Crippen LogP contribution in [0.1, 0.15) is 61.1 Å². The third-order valence-electron chi connectivity index (χ3n) is 7.46. The SMILES string of the molecule is CCC(NC(=O)c1ccc(Cl)cc1)C1[C@H]2CC(n3cc(C4CN(C(C)=O)C4)nn3)C[C@@H]12. The molecule has 2 heterocycles. The minimum absolute atomic E-state index is 0.0222. The van der Waals surface area contributed by atoms with Gasteiger partial charge in [-0.1, -0.05) is 23.7 Å². The molecule has 3 unspecified atom stereocenters. The average molecular weight is 442 g/mol. The zero-order valence-corrected chi connectivity index (χ0v) is 18.6. The van der Waals surface area contributed by atoms with Gasteiger partial charge in [0.15, 0.2) is 0 Å². The van der Waals surface area contributed by atoms with E-state index in [-0.39, 0.29) is 17.9 Å². The Morgan fingerprint density at radius 2 is 1.87 bits per heavy atom. The van der Waals surface area contributed by atoms with Gasteiger partial charge in [-0.15, -0.1) is 5.10 Å². The van der Waals surface area contributed by atoms with Gasteiger partial charge in [-0.05, 0) is 61.3 Å². The van der Waals surface area contributed by atoms with Crippen molar-refractivity contribution in [1.29, 1.82) is 0 Å². The molecule has 164 valence electrons. The lowest BCUT2D eigenvalue weighted by molar-refractivity contribution is -0.133. The van der Waals surface area contributed by atoms with E-state index in [0.29, 0.717) is 40.3 Å². The summed E-state index contributed by atoms with van der Waals surface area (Å²) in [5.74, 6) is 2.26. The van der Waals surface area contributed by atoms with E-state index in [0.717, 1.165) is 38.0 Å². The highest BCUT2D eigenvalue weighted by Gasteiger charge is 2.59. The van der Waals surface area contributed by atoms with Gasteiger partial charge < -0.3 is 10.2 Å². The Hall–Kier alpha value is -2.41. The van der Waals surface area contributed by atoms with Gasteiger partial charge in [0.25, 0.3) is 5.91 Å². The molecule has 1 aromatic carbocycles. The highest BCUT2D eigenvalue weighted by Crippen LogP contribution is 2.62. The molecule has 2 aliphatic carbocycles. The second-order valence-corrected chi connectivity index (χ2v) is 9.71. The molecule has 2 aromatic rings. The first-order valence-corrected chi connectivity index (χ1v) is 11.6. The van der Waals surface area contributed by atoms with E-state index in [1.54, 1.807) is 31.2 Å². The lowest BCUT2D eigenvalue weighted by Crippen LogP contribution is -2.47. The normalized spacial score (nSPS) is 28.0. The molecule has 7 nitrogen and oxygen atoms in total. The Kier molecular flexibility index (Phi) is 5.24. The minimum atomic E-state index is -0.0222. The largest absolute Gasteiger partial charge is 0.349 e. The number of amides is 2. The van der Waals surface area contributed by atoms with Gasteiger partial charge >= 0.3 is 0 Å². The molecular weight excluding hydrogens is 414 g/mol. The van der Waals surface area contributed by atoms with E-state index in [1.807, 2.05) is 9.58 Å². The average Bonchev–Trinajstić information content (AvgIpc) is 3.07. The van der Waals surface area contributed by atoms with Crippen molar-refractivity contribution >= 4 is 23.4 Å². The quantitative estimate of drug-likeness (QED) is 0.745. The van der Waals surface area contributed by atoms with E-state index in [4.69, 9.17) is 11.6 Å². The fourth-order valence-corrected chi connectivity index (χ4v) is 5.70. The number of hydrogen-bond donors (Lipinski definition) is 1. The van der Waals surface area contributed by atoms with Crippen molar-refractivity contribution in [1.82, 2.24) is 25.2 Å². The number of fused-ring (bicyclic) bond motifs is 1. The first-order valence-electron chi connectivity index (χ1n) is 11.2. The van der Waals surface area contributed by atoms with Gasteiger partial charge in [-0.25, -0.2) is 4.68 Å². The van der Waals surface area contributed by atoms with Crippen molar-refractivity contribution in [2.75, 3.05) is 13.1 Å². The first-order chi connectivity index (χ1) is 14.9. The molecule has 0 bridgehead atoms. The molecule has 3 aliphatic rings. The molecule has 1 aromatic heterocycles. The van der Waals surface area contributed by atoms with Gasteiger partial charge in [-0.3, -0.25) is 9.59 Å². The van der Waals surface area contributed by atoms with Crippen molar-refractivity contribution in [3.05, 3.63) is 46.7 Å². The monoisotopic (exact) mass is 441 g/mol. The minimum Gasteiger partial charge on any atom is -0.349 e. The molecule has 1 aliphatic heterocycles. The molecule has 3 fully saturated rings. The molecular formula is C23H28ClN5O2. The molecule has 0 radical (unpaired) electrons. The summed E-state index contributed by atoms with van der Waals surface area (Å²) in [5.41, 5.74) is 1.65. The van der Waals surface area contributed by atoms with Crippen LogP contribution in [0.2, 0.25) is 5.02 Å². The lowest BCUT2D eigenvalue weighted by Gasteiger charge is -2.37. The highest BCUT2D eigenvalue weighted by atomic mass is 35.5. The maximum Gasteiger partial charge on any atom is 0.251 e. The van der Waals surface area contributed by atoms with Crippen LogP contribution in [0.25, 0.3) is 0 Å². The van der Waals surface area contributed by atoms with Crippen LogP contribution in [0.15, 0.2) is 30.5 Å². The number of nitrogens with zero attached hydrogens (tertiary/aromatic N) is 4. The Bertz CT molecular complexity index is 972. The van der Waals surface area contributed by atoms with E-state index < -0.39 is 0 Å². The third kappa shape index (κ3) is 3.84. The van der Waals surface area contributed by atoms with Crippen LogP contribution < -0.4 is 5.32 Å². The van der Waals surface area contributed by atoms with Gasteiger partial charge in [0, 0.05) is 48.8 Å². The number of rotatable bonds is 6. The van der Waals surface area contributed by atoms with E-state index in [2.05, 4.69) is 28.7 Å². The maximum absolute atomic E-state index is 12.6. The van der Waals surface area contributed by atoms with Crippen LogP contribution in [0.3, 0.4) is 0 Å². The smallest absolute Gasteiger partial charge is 0.251 e. The molecule has 31 heavy (non-hydrogen) atoms. The topological polar surface area (TPSA) is 80.1 Å². The van der Waals surface area contributed by atoms with E-state index >= 15 is 0 Å². The third-order valence-corrected chi connectivity index (χ3v) is 7.71. The summed E-state index contributed by atoms with van der Waals surface area (Å²) in [7, 11) is 0. The van der Waals surface area contributed by atoms with E-state index in [1.165, 1.54) is 0 Å². The molecule has 8 heteroatoms. The molecule has 1 N–H and O–H groups in total. The summed E-state index contributed by atoms with van der Waals surface area (Å²) in [4.78, 5) is 25.8. The van der Waals surface area contributed by atoms with Crippen LogP contribution in [-0.4, -0.2) is 50.8 Å². The number of benzene rings is 1. The molecule has 2 amide bonds. The van der Waals surface area contributed by atoms with Crippen molar-refractivity contribution < 1.29 is 9.59 Å². The fraction of sp³-hybridized carbons (Fsp3) is 0.565. The van der Waals surface area contributed by atoms with Crippen LogP contribution >= 0.6 is 11.6 Å². The summed E-state index contributed by atoms with van der Waals surface area (Å²) in [5, 5.41) is 12.6. The van der Waals surface area contributed by atoms with Gasteiger partial charge in [0.05, 0.1) is 11.7 Å². The van der Waals surface area contributed by atoms with Crippen LogP contribution in [0.5, 0.6) is 0 Å². The number of carbonyl (C=O) groups is 2. The number of nitrogens with one attached hydrogen (secondary N) is 1. The second-order valence-electron chi connectivity index (χ2n) is 9.27. The molecule has 1 saturated heterocycles. The number of hydrogen-bond acceptors (Lipinski definition) is 4. The van der Waals surface area contributed by atoms with Gasteiger partial charge in [0.1, 0.15) is 0 Å². The highest BCUT2D eigenvalue weighted by molar-refractivity contribution is 6.30. The zero-order chi connectivity index (χ0) is 21.7. The summed E-state index contributed by atoms with van der Waals surface area (Å²) in [6.07, 6.45) is 5.20. The second kappa shape index (κ2) is 7.93. The number of aromatic nitrogens is 3. The molecule has 2 saturated carbocycles. The summed E-state index contributed by atoms with van der Waals surface area (Å²) in [6, 6.07) is 7.64. The van der Waals surface area contributed by atoms with Crippen LogP contribution in [0.4, 0.5) is 0 Å². The number of likely N-dealkylation sites (tertiary alicyclic amines) is 1. The number of halogens is 1. The Balaban J connectivity index is 1.15. The van der Waals surface area contributed by atoms with Crippen molar-refractivity contribution in [3.63, 3.8) is 0 Å². The van der Waals surface area contributed by atoms with Gasteiger partial charge in [-0.2, -0.15) is 0 Å². The molecule has 0 spiro atoms. The maximum atomic E-state index is 12.6. The fourth-order valence-electron chi connectivity index (χ4n) is 5.58. The number of carbonyl (C=O) groups excluding carboxylic acids is 2. The molecule has 5 atom stereocenters. The standard InChI is InChI=1S/C23H28ClN5O2/c1-3-20(25-23(31)14-4-6-16(24)7-5-14)22-18-8-17(9-19(18)22)29-12-21(26-27-29)15-10-28(11-15)13(2)30/h4-7,12,15,17-20,22H,3,8-11H2,1-2H3,(H,25,31)/t17?,18-,19+,20?,22?. The first kappa shape index (κ1) is 20.5. The Labute approximate surface area is 187 Å².